The quantitative estimate of drug-likeness (QED) is 0.924. The van der Waals surface area contributed by atoms with Crippen molar-refractivity contribution in [3.63, 3.8) is 0 Å². The van der Waals surface area contributed by atoms with Crippen LogP contribution >= 0.6 is 15.9 Å². The van der Waals surface area contributed by atoms with E-state index in [9.17, 15) is 9.18 Å². The van der Waals surface area contributed by atoms with Gasteiger partial charge in [-0.25, -0.2) is 4.39 Å². The zero-order chi connectivity index (χ0) is 14.0. The van der Waals surface area contributed by atoms with Crippen LogP contribution in [0.15, 0.2) is 22.7 Å². The maximum absolute atomic E-state index is 13.6. The van der Waals surface area contributed by atoms with E-state index in [4.69, 9.17) is 0 Å². The molecule has 0 radical (unpaired) electrons. The molecule has 1 unspecified atom stereocenters. The molecular weight excluding hydrogens is 311 g/mol. The van der Waals surface area contributed by atoms with Crippen LogP contribution in [0.5, 0.6) is 0 Å². The first-order valence-electron chi connectivity index (χ1n) is 6.51. The third kappa shape index (κ3) is 3.34. The van der Waals surface area contributed by atoms with Gasteiger partial charge in [-0.15, -0.1) is 0 Å². The lowest BCUT2D eigenvalue weighted by atomic mass is 10.0. The Morgan fingerprint density at radius 3 is 2.84 bits per heavy atom. The van der Waals surface area contributed by atoms with Gasteiger partial charge in [-0.2, -0.15) is 0 Å². The highest BCUT2D eigenvalue weighted by molar-refractivity contribution is 9.10. The van der Waals surface area contributed by atoms with Crippen LogP contribution in [0, 0.1) is 5.82 Å². The molecule has 0 aliphatic carbocycles. The number of carbonyl (C=O) groups is 1. The lowest BCUT2D eigenvalue weighted by Gasteiger charge is -2.33. The normalized spacial score (nSPS) is 20.2. The van der Waals surface area contributed by atoms with E-state index in [2.05, 4.69) is 21.2 Å². The van der Waals surface area contributed by atoms with E-state index < -0.39 is 0 Å². The number of piperidine rings is 1. The Morgan fingerprint density at radius 1 is 1.47 bits per heavy atom. The van der Waals surface area contributed by atoms with E-state index in [-0.39, 0.29) is 23.8 Å². The first kappa shape index (κ1) is 14.5. The Kier molecular flexibility index (Phi) is 4.58. The number of nitrogens with zero attached hydrogens (tertiary/aromatic N) is 1. The van der Waals surface area contributed by atoms with Crippen LogP contribution in [0.4, 0.5) is 10.1 Å². The average molecular weight is 329 g/mol. The predicted octanol–water partition coefficient (Wildman–Crippen LogP) is 3.08. The minimum absolute atomic E-state index is 0.0293. The van der Waals surface area contributed by atoms with Gasteiger partial charge in [0.2, 0.25) is 5.91 Å². The molecular formula is C14H18BrFN2O. The average Bonchev–Trinajstić information content (AvgIpc) is 2.35. The van der Waals surface area contributed by atoms with Crippen molar-refractivity contribution in [2.45, 2.75) is 38.8 Å². The molecule has 2 rings (SSSR count). The summed E-state index contributed by atoms with van der Waals surface area (Å²) in [5.41, 5.74) is 0.626. The second-order valence-electron chi connectivity index (χ2n) is 5.10. The van der Waals surface area contributed by atoms with Crippen molar-refractivity contribution >= 4 is 27.5 Å². The van der Waals surface area contributed by atoms with E-state index in [0.717, 1.165) is 12.8 Å². The molecule has 1 atom stereocenters. The fraction of sp³-hybridized carbons (Fsp3) is 0.500. The van der Waals surface area contributed by atoms with Gasteiger partial charge >= 0.3 is 0 Å². The van der Waals surface area contributed by atoms with Gasteiger partial charge in [0, 0.05) is 18.3 Å². The van der Waals surface area contributed by atoms with Gasteiger partial charge in [0.05, 0.1) is 10.5 Å². The number of hydrogen-bond donors (Lipinski definition) is 1. The topological polar surface area (TPSA) is 32.3 Å². The van der Waals surface area contributed by atoms with Crippen molar-refractivity contribution in [3.05, 3.63) is 28.5 Å². The number of carbonyl (C=O) groups excluding carboxylic acids is 1. The van der Waals surface area contributed by atoms with Crippen LogP contribution in [0.3, 0.4) is 0 Å². The SMILES string of the molecule is CC(C)NC1CCCN(c2ccc(Br)c(F)c2)C1=O. The molecule has 1 fully saturated rings. The van der Waals surface area contributed by atoms with Gasteiger partial charge in [-0.3, -0.25) is 4.79 Å². The summed E-state index contributed by atoms with van der Waals surface area (Å²) >= 11 is 3.12. The summed E-state index contributed by atoms with van der Waals surface area (Å²) in [5.74, 6) is -0.314. The Bertz CT molecular complexity index is 479. The standard InChI is InChI=1S/C14H18BrFN2O/c1-9(2)17-13-4-3-7-18(14(13)19)10-5-6-11(15)12(16)8-10/h5-6,8-9,13,17H,3-4,7H2,1-2H3. The minimum Gasteiger partial charge on any atom is -0.311 e. The van der Waals surface area contributed by atoms with Gasteiger partial charge in [-0.05, 0) is 47.0 Å². The number of nitrogens with one attached hydrogen (secondary N) is 1. The largest absolute Gasteiger partial charge is 0.311 e. The fourth-order valence-electron chi connectivity index (χ4n) is 2.34. The molecule has 0 bridgehead atoms. The van der Waals surface area contributed by atoms with E-state index >= 15 is 0 Å². The maximum Gasteiger partial charge on any atom is 0.244 e. The lowest BCUT2D eigenvalue weighted by molar-refractivity contribution is -0.121. The molecule has 5 heteroatoms. The van der Waals surface area contributed by atoms with Crippen LogP contribution in [-0.4, -0.2) is 24.5 Å². The number of rotatable bonds is 3. The number of anilines is 1. The van der Waals surface area contributed by atoms with Crippen molar-refractivity contribution < 1.29 is 9.18 Å². The molecule has 1 aliphatic heterocycles. The Morgan fingerprint density at radius 2 is 2.21 bits per heavy atom. The Labute approximate surface area is 121 Å². The van der Waals surface area contributed by atoms with Crippen molar-refractivity contribution in [3.8, 4) is 0 Å². The molecule has 1 aromatic carbocycles. The van der Waals surface area contributed by atoms with Gasteiger partial charge in [0.25, 0.3) is 0 Å². The summed E-state index contributed by atoms with van der Waals surface area (Å²) in [5, 5.41) is 3.26. The Hall–Kier alpha value is -0.940. The van der Waals surface area contributed by atoms with Crippen LogP contribution in [-0.2, 0) is 4.79 Å². The zero-order valence-corrected chi connectivity index (χ0v) is 12.7. The molecule has 104 valence electrons. The van der Waals surface area contributed by atoms with Gasteiger partial charge < -0.3 is 10.2 Å². The summed E-state index contributed by atoms with van der Waals surface area (Å²) in [7, 11) is 0. The minimum atomic E-state index is -0.343. The van der Waals surface area contributed by atoms with Gasteiger partial charge in [-0.1, -0.05) is 13.8 Å². The smallest absolute Gasteiger partial charge is 0.244 e. The number of halogens is 2. The summed E-state index contributed by atoms with van der Waals surface area (Å²) in [6.45, 7) is 4.69. The molecule has 1 amide bonds. The van der Waals surface area contributed by atoms with E-state index in [1.807, 2.05) is 13.8 Å². The highest BCUT2D eigenvalue weighted by Crippen LogP contribution is 2.25. The van der Waals surface area contributed by atoms with Crippen LogP contribution < -0.4 is 10.2 Å². The monoisotopic (exact) mass is 328 g/mol. The molecule has 0 saturated carbocycles. The molecule has 3 nitrogen and oxygen atoms in total. The Balaban J connectivity index is 2.19. The molecule has 1 heterocycles. The van der Waals surface area contributed by atoms with Gasteiger partial charge in [0.1, 0.15) is 5.82 Å². The van der Waals surface area contributed by atoms with E-state index in [0.29, 0.717) is 16.7 Å². The molecule has 0 aromatic heterocycles. The van der Waals surface area contributed by atoms with Crippen LogP contribution in [0.2, 0.25) is 0 Å². The van der Waals surface area contributed by atoms with Gasteiger partial charge in [0.15, 0.2) is 0 Å². The number of amides is 1. The van der Waals surface area contributed by atoms with Crippen molar-refractivity contribution in [2.24, 2.45) is 0 Å². The highest BCUT2D eigenvalue weighted by Gasteiger charge is 2.30. The summed E-state index contributed by atoms with van der Waals surface area (Å²) in [6, 6.07) is 4.90. The van der Waals surface area contributed by atoms with Crippen LogP contribution in [0.1, 0.15) is 26.7 Å². The van der Waals surface area contributed by atoms with Crippen molar-refractivity contribution in [1.82, 2.24) is 5.32 Å². The molecule has 1 aromatic rings. The highest BCUT2D eigenvalue weighted by atomic mass is 79.9. The summed E-state index contributed by atoms with van der Waals surface area (Å²) in [4.78, 5) is 14.1. The summed E-state index contributed by atoms with van der Waals surface area (Å²) in [6.07, 6.45) is 1.76. The number of hydrogen-bond acceptors (Lipinski definition) is 2. The third-order valence-electron chi connectivity index (χ3n) is 3.19. The molecule has 1 aliphatic rings. The molecule has 1 saturated heterocycles. The maximum atomic E-state index is 13.6. The molecule has 19 heavy (non-hydrogen) atoms. The van der Waals surface area contributed by atoms with E-state index in [1.165, 1.54) is 6.07 Å². The second kappa shape index (κ2) is 6.01. The van der Waals surface area contributed by atoms with Crippen molar-refractivity contribution in [1.29, 1.82) is 0 Å². The fourth-order valence-corrected chi connectivity index (χ4v) is 2.59. The first-order chi connectivity index (χ1) is 8.99. The van der Waals surface area contributed by atoms with Crippen LogP contribution in [0.25, 0.3) is 0 Å². The van der Waals surface area contributed by atoms with E-state index in [1.54, 1.807) is 17.0 Å². The summed E-state index contributed by atoms with van der Waals surface area (Å²) < 4.78 is 14.0. The zero-order valence-electron chi connectivity index (χ0n) is 11.1. The second-order valence-corrected chi connectivity index (χ2v) is 5.96. The predicted molar refractivity (Wildman–Crippen MR) is 77.7 cm³/mol. The first-order valence-corrected chi connectivity index (χ1v) is 7.31. The third-order valence-corrected chi connectivity index (χ3v) is 3.83. The van der Waals surface area contributed by atoms with Crippen molar-refractivity contribution in [2.75, 3.05) is 11.4 Å². The lowest BCUT2D eigenvalue weighted by Crippen LogP contribution is -2.52. The number of benzene rings is 1. The molecule has 0 spiro atoms. The molecule has 1 N–H and O–H groups in total.